The molecular weight excluding hydrogens is 220 g/mol. The highest BCUT2D eigenvalue weighted by molar-refractivity contribution is 5.14. The molecule has 0 aromatic carbocycles. The Hall–Kier alpha value is -1.15. The Morgan fingerprint density at radius 3 is 2.72 bits per heavy atom. The predicted molar refractivity (Wildman–Crippen MR) is 76.6 cm³/mol. The lowest BCUT2D eigenvalue weighted by atomic mass is 9.92. The molecule has 1 aliphatic rings. The van der Waals surface area contributed by atoms with Gasteiger partial charge in [0.2, 0.25) is 0 Å². The van der Waals surface area contributed by atoms with Gasteiger partial charge in [0.15, 0.2) is 0 Å². The third-order valence-electron chi connectivity index (χ3n) is 3.62. The second kappa shape index (κ2) is 7.32. The number of hydrogen-bond donors (Lipinski definition) is 1. The number of allylic oxidation sites excluding steroid dienone is 1. The molecule has 0 bridgehead atoms. The van der Waals surface area contributed by atoms with E-state index < -0.39 is 0 Å². The van der Waals surface area contributed by atoms with Crippen LogP contribution < -0.4 is 5.32 Å². The molecule has 1 N–H and O–H groups in total. The van der Waals surface area contributed by atoms with Gasteiger partial charge in [-0.25, -0.2) is 0 Å². The Bertz CT molecular complexity index is 370. The normalized spacial score (nSPS) is 17.3. The lowest BCUT2D eigenvalue weighted by molar-refractivity contribution is 0.504. The number of nitrogens with one attached hydrogen (secondary N) is 1. The molecule has 0 aliphatic heterocycles. The van der Waals surface area contributed by atoms with E-state index in [0.717, 1.165) is 13.0 Å². The maximum Gasteiger partial charge on any atom is 0.0270 e. The lowest BCUT2D eigenvalue weighted by Gasteiger charge is -2.21. The van der Waals surface area contributed by atoms with Gasteiger partial charge in [-0.05, 0) is 62.8 Å². The minimum Gasteiger partial charge on any atom is -0.314 e. The van der Waals surface area contributed by atoms with E-state index in [9.17, 15) is 0 Å². The van der Waals surface area contributed by atoms with Crippen molar-refractivity contribution >= 4 is 0 Å². The number of nitrogens with zero attached hydrogens (tertiary/aromatic N) is 1. The molecule has 18 heavy (non-hydrogen) atoms. The second-order valence-corrected chi connectivity index (χ2v) is 5.13. The van der Waals surface area contributed by atoms with E-state index in [1.54, 1.807) is 5.57 Å². The van der Waals surface area contributed by atoms with Crippen molar-refractivity contribution in [1.82, 2.24) is 10.3 Å². The van der Waals surface area contributed by atoms with Crippen LogP contribution in [0.4, 0.5) is 0 Å². The van der Waals surface area contributed by atoms with Gasteiger partial charge in [0.25, 0.3) is 0 Å². The zero-order valence-corrected chi connectivity index (χ0v) is 11.4. The van der Waals surface area contributed by atoms with Crippen molar-refractivity contribution in [2.24, 2.45) is 0 Å². The van der Waals surface area contributed by atoms with Crippen molar-refractivity contribution in [3.05, 3.63) is 41.7 Å². The highest BCUT2D eigenvalue weighted by Crippen LogP contribution is 2.22. The van der Waals surface area contributed by atoms with Crippen LogP contribution in [0.5, 0.6) is 0 Å². The van der Waals surface area contributed by atoms with Gasteiger partial charge < -0.3 is 5.32 Å². The summed E-state index contributed by atoms with van der Waals surface area (Å²) in [6.45, 7) is 3.23. The zero-order chi connectivity index (χ0) is 12.6. The van der Waals surface area contributed by atoms with Gasteiger partial charge in [0, 0.05) is 18.4 Å². The summed E-state index contributed by atoms with van der Waals surface area (Å²) in [5.41, 5.74) is 3.04. The Labute approximate surface area is 111 Å². The number of likely N-dealkylation sites (N-methyl/N-ethyl adjacent to an activating group) is 1. The molecule has 1 heterocycles. The van der Waals surface area contributed by atoms with Crippen LogP contribution in [0.3, 0.4) is 0 Å². The van der Waals surface area contributed by atoms with Crippen molar-refractivity contribution in [1.29, 1.82) is 0 Å². The van der Waals surface area contributed by atoms with Crippen LogP contribution in [-0.2, 0) is 6.42 Å². The Morgan fingerprint density at radius 1 is 1.22 bits per heavy atom. The van der Waals surface area contributed by atoms with Gasteiger partial charge in [-0.3, -0.25) is 4.98 Å². The smallest absolute Gasteiger partial charge is 0.0270 e. The molecule has 1 aromatic heterocycles. The quantitative estimate of drug-likeness (QED) is 0.775. The predicted octanol–water partition coefficient (Wildman–Crippen LogP) is 3.49. The first-order valence-electron chi connectivity index (χ1n) is 7.18. The molecule has 0 saturated carbocycles. The van der Waals surface area contributed by atoms with Crippen LogP contribution >= 0.6 is 0 Å². The maximum absolute atomic E-state index is 4.08. The molecule has 98 valence electrons. The molecule has 0 fully saturated rings. The van der Waals surface area contributed by atoms with E-state index in [1.165, 1.54) is 37.7 Å². The number of pyridine rings is 1. The van der Waals surface area contributed by atoms with E-state index in [-0.39, 0.29) is 0 Å². The Balaban J connectivity index is 1.93. The molecule has 0 spiro atoms. The Kier molecular flexibility index (Phi) is 5.40. The first-order valence-corrected chi connectivity index (χ1v) is 7.18. The largest absolute Gasteiger partial charge is 0.314 e. The summed E-state index contributed by atoms with van der Waals surface area (Å²) in [5.74, 6) is 0. The summed E-state index contributed by atoms with van der Waals surface area (Å²) in [7, 11) is 0. The van der Waals surface area contributed by atoms with Crippen LogP contribution in [0, 0.1) is 0 Å². The summed E-state index contributed by atoms with van der Waals surface area (Å²) >= 11 is 0. The highest BCUT2D eigenvalue weighted by atomic mass is 14.9. The van der Waals surface area contributed by atoms with E-state index in [2.05, 4.69) is 35.4 Å². The van der Waals surface area contributed by atoms with Crippen LogP contribution in [0.25, 0.3) is 0 Å². The maximum atomic E-state index is 4.08. The van der Waals surface area contributed by atoms with Gasteiger partial charge in [-0.2, -0.15) is 0 Å². The van der Waals surface area contributed by atoms with E-state index in [0.29, 0.717) is 6.04 Å². The third-order valence-corrected chi connectivity index (χ3v) is 3.62. The van der Waals surface area contributed by atoms with E-state index >= 15 is 0 Å². The van der Waals surface area contributed by atoms with Crippen LogP contribution in [0.2, 0.25) is 0 Å². The number of hydrogen-bond acceptors (Lipinski definition) is 2. The van der Waals surface area contributed by atoms with Crippen molar-refractivity contribution in [2.75, 3.05) is 6.54 Å². The number of aromatic nitrogens is 1. The van der Waals surface area contributed by atoms with Crippen molar-refractivity contribution in [3.63, 3.8) is 0 Å². The van der Waals surface area contributed by atoms with Gasteiger partial charge in [0.1, 0.15) is 0 Å². The lowest BCUT2D eigenvalue weighted by Crippen LogP contribution is -2.31. The molecule has 0 amide bonds. The van der Waals surface area contributed by atoms with Crippen molar-refractivity contribution < 1.29 is 0 Å². The highest BCUT2D eigenvalue weighted by Gasteiger charge is 2.12. The molecule has 2 heteroatoms. The first kappa shape index (κ1) is 13.3. The minimum absolute atomic E-state index is 0.571. The summed E-state index contributed by atoms with van der Waals surface area (Å²) in [4.78, 5) is 4.08. The molecule has 2 nitrogen and oxygen atoms in total. The van der Waals surface area contributed by atoms with Crippen LogP contribution in [0.15, 0.2) is 36.2 Å². The summed E-state index contributed by atoms with van der Waals surface area (Å²) in [6, 6.07) is 4.82. The molecule has 1 aliphatic carbocycles. The van der Waals surface area contributed by atoms with E-state index in [1.807, 2.05) is 12.4 Å². The molecular formula is C16H24N2. The SMILES string of the molecule is CCNC(CC1=CCCCC1)Cc1ccncc1. The van der Waals surface area contributed by atoms with Gasteiger partial charge in [-0.1, -0.05) is 18.6 Å². The van der Waals surface area contributed by atoms with Gasteiger partial charge >= 0.3 is 0 Å². The fourth-order valence-electron chi connectivity index (χ4n) is 2.72. The fraction of sp³-hybridized carbons (Fsp3) is 0.562. The zero-order valence-electron chi connectivity index (χ0n) is 11.4. The standard InChI is InChI=1S/C16H24N2/c1-2-18-16(12-14-6-4-3-5-7-14)13-15-8-10-17-11-9-15/h6,8-11,16,18H,2-5,7,12-13H2,1H3. The second-order valence-electron chi connectivity index (χ2n) is 5.13. The Morgan fingerprint density at radius 2 is 2.06 bits per heavy atom. The molecule has 1 atom stereocenters. The monoisotopic (exact) mass is 244 g/mol. The van der Waals surface area contributed by atoms with Gasteiger partial charge in [-0.15, -0.1) is 0 Å². The minimum atomic E-state index is 0.571. The fourth-order valence-corrected chi connectivity index (χ4v) is 2.72. The molecule has 0 radical (unpaired) electrons. The van der Waals surface area contributed by atoms with E-state index in [4.69, 9.17) is 0 Å². The number of rotatable bonds is 6. The topological polar surface area (TPSA) is 24.9 Å². The molecule has 2 rings (SSSR count). The molecule has 1 unspecified atom stereocenters. The van der Waals surface area contributed by atoms with Crippen LogP contribution in [0.1, 0.15) is 44.6 Å². The third kappa shape index (κ3) is 4.26. The summed E-state index contributed by atoms with van der Waals surface area (Å²) in [6.07, 6.45) is 13.9. The summed E-state index contributed by atoms with van der Waals surface area (Å²) in [5, 5.41) is 3.62. The average Bonchev–Trinajstić information content (AvgIpc) is 2.41. The first-order chi connectivity index (χ1) is 8.88. The van der Waals surface area contributed by atoms with Crippen molar-refractivity contribution in [3.8, 4) is 0 Å². The van der Waals surface area contributed by atoms with Crippen LogP contribution in [-0.4, -0.2) is 17.6 Å². The molecule has 1 aromatic rings. The molecule has 0 saturated heterocycles. The van der Waals surface area contributed by atoms with Crippen molar-refractivity contribution in [2.45, 2.75) is 51.5 Å². The average molecular weight is 244 g/mol. The van der Waals surface area contributed by atoms with Gasteiger partial charge in [0.05, 0.1) is 0 Å². The summed E-state index contributed by atoms with van der Waals surface area (Å²) < 4.78 is 0.